The molecule has 2 heterocycles. The van der Waals surface area contributed by atoms with Gasteiger partial charge < -0.3 is 24.3 Å². The molecular weight excluding hydrogens is 438 g/mol. The number of hydrogen-bond acceptors (Lipinski definition) is 8. The van der Waals surface area contributed by atoms with Crippen molar-refractivity contribution >= 4 is 16.0 Å². The molecule has 9 nitrogen and oxygen atoms in total. The minimum Gasteiger partial charge on any atom is -0.354 e. The zero-order chi connectivity index (χ0) is 22.7. The molecule has 1 unspecified atom stereocenters. The average Bonchev–Trinajstić information content (AvgIpc) is 2.80. The fourth-order valence-corrected chi connectivity index (χ4v) is 4.48. The van der Waals surface area contributed by atoms with E-state index in [-0.39, 0.29) is 6.61 Å². The van der Waals surface area contributed by atoms with Gasteiger partial charge in [0, 0.05) is 18.2 Å². The second kappa shape index (κ2) is 9.65. The van der Waals surface area contributed by atoms with Crippen LogP contribution in [0.3, 0.4) is 0 Å². The first-order valence-corrected chi connectivity index (χ1v) is 11.9. The van der Waals surface area contributed by atoms with Crippen LogP contribution in [0, 0.1) is 0 Å². The molecule has 2 aliphatic rings. The van der Waals surface area contributed by atoms with Crippen LogP contribution in [0.2, 0.25) is 0 Å². The van der Waals surface area contributed by atoms with Gasteiger partial charge in [-0.1, -0.05) is 48.5 Å². The minimum atomic E-state index is -3.90. The third kappa shape index (κ3) is 5.17. The molecule has 10 heteroatoms. The number of fused-ring (bicyclic) bond motifs is 1. The van der Waals surface area contributed by atoms with Crippen molar-refractivity contribution < 1.29 is 36.3 Å². The van der Waals surface area contributed by atoms with Crippen molar-refractivity contribution in [1.82, 2.24) is 5.32 Å². The van der Waals surface area contributed by atoms with Crippen molar-refractivity contribution in [3.05, 3.63) is 71.8 Å². The molecule has 0 radical (unpaired) electrons. The van der Waals surface area contributed by atoms with Crippen LogP contribution in [-0.2, 0) is 33.2 Å². The summed E-state index contributed by atoms with van der Waals surface area (Å²) in [6.07, 6.45) is -3.36. The molecule has 0 aliphatic carbocycles. The SMILES string of the molecule is CO[C@H]1O[C@@H]2COC(c3ccccc3)O[C@H]2[C@H](OS(C)(=O)=O)[C@@H]1NC(=O)c1ccccc1. The van der Waals surface area contributed by atoms with Gasteiger partial charge >= 0.3 is 0 Å². The number of rotatable bonds is 6. The molecule has 4 rings (SSSR count). The van der Waals surface area contributed by atoms with Gasteiger partial charge in [-0.15, -0.1) is 0 Å². The summed E-state index contributed by atoms with van der Waals surface area (Å²) in [5.74, 6) is -0.423. The van der Waals surface area contributed by atoms with Gasteiger partial charge in [0.1, 0.15) is 24.4 Å². The monoisotopic (exact) mass is 463 g/mol. The summed E-state index contributed by atoms with van der Waals surface area (Å²) in [7, 11) is -2.50. The summed E-state index contributed by atoms with van der Waals surface area (Å²) in [5, 5.41) is 2.80. The van der Waals surface area contributed by atoms with E-state index in [2.05, 4.69) is 5.32 Å². The lowest BCUT2D eigenvalue weighted by atomic mass is 9.95. The Bertz CT molecular complexity index is 1020. The van der Waals surface area contributed by atoms with Crippen LogP contribution in [-0.4, -0.2) is 64.9 Å². The maximum absolute atomic E-state index is 12.8. The first-order valence-electron chi connectivity index (χ1n) is 10.1. The molecule has 172 valence electrons. The number of amides is 1. The van der Waals surface area contributed by atoms with Crippen LogP contribution in [0.5, 0.6) is 0 Å². The summed E-state index contributed by atoms with van der Waals surface area (Å²) in [6, 6.07) is 16.8. The fraction of sp³-hybridized carbons (Fsp3) is 0.409. The Kier molecular flexibility index (Phi) is 6.89. The highest BCUT2D eigenvalue weighted by atomic mass is 32.2. The van der Waals surface area contributed by atoms with Crippen LogP contribution in [0.15, 0.2) is 60.7 Å². The van der Waals surface area contributed by atoms with Gasteiger partial charge in [-0.25, -0.2) is 0 Å². The Morgan fingerprint density at radius 1 is 1.03 bits per heavy atom. The van der Waals surface area contributed by atoms with Crippen molar-refractivity contribution in [2.24, 2.45) is 0 Å². The van der Waals surface area contributed by atoms with Crippen molar-refractivity contribution in [3.63, 3.8) is 0 Å². The first kappa shape index (κ1) is 22.8. The molecule has 32 heavy (non-hydrogen) atoms. The van der Waals surface area contributed by atoms with E-state index in [1.165, 1.54) is 7.11 Å². The third-order valence-electron chi connectivity index (χ3n) is 5.26. The topological polar surface area (TPSA) is 109 Å². The van der Waals surface area contributed by atoms with Gasteiger partial charge in [-0.05, 0) is 12.1 Å². The molecule has 6 atom stereocenters. The fourth-order valence-electron chi connectivity index (χ4n) is 3.85. The van der Waals surface area contributed by atoms with Crippen molar-refractivity contribution in [1.29, 1.82) is 0 Å². The molecule has 0 bridgehead atoms. The van der Waals surface area contributed by atoms with Crippen molar-refractivity contribution in [2.75, 3.05) is 20.0 Å². The quantitative estimate of drug-likeness (QED) is 0.644. The van der Waals surface area contributed by atoms with E-state index >= 15 is 0 Å². The van der Waals surface area contributed by atoms with Gasteiger partial charge in [0.15, 0.2) is 12.6 Å². The second-order valence-corrected chi connectivity index (χ2v) is 9.19. The smallest absolute Gasteiger partial charge is 0.264 e. The van der Waals surface area contributed by atoms with E-state index in [4.69, 9.17) is 23.1 Å². The molecule has 2 aromatic rings. The van der Waals surface area contributed by atoms with Gasteiger partial charge in [0.05, 0.1) is 12.9 Å². The predicted molar refractivity (Wildman–Crippen MR) is 113 cm³/mol. The zero-order valence-electron chi connectivity index (χ0n) is 17.6. The molecule has 1 N–H and O–H groups in total. The van der Waals surface area contributed by atoms with E-state index in [1.54, 1.807) is 30.3 Å². The van der Waals surface area contributed by atoms with Crippen LogP contribution < -0.4 is 5.32 Å². The van der Waals surface area contributed by atoms with E-state index < -0.39 is 53.0 Å². The van der Waals surface area contributed by atoms with Gasteiger partial charge in [-0.2, -0.15) is 8.42 Å². The van der Waals surface area contributed by atoms with Gasteiger partial charge in [0.25, 0.3) is 16.0 Å². The number of ether oxygens (including phenoxy) is 4. The minimum absolute atomic E-state index is 0.132. The Morgan fingerprint density at radius 3 is 2.31 bits per heavy atom. The van der Waals surface area contributed by atoms with E-state index in [0.29, 0.717) is 5.56 Å². The Morgan fingerprint density at radius 2 is 1.69 bits per heavy atom. The number of hydrogen-bond donors (Lipinski definition) is 1. The van der Waals surface area contributed by atoms with Crippen molar-refractivity contribution in [2.45, 2.75) is 36.9 Å². The Balaban J connectivity index is 1.63. The van der Waals surface area contributed by atoms with Crippen LogP contribution in [0.4, 0.5) is 0 Å². The molecule has 2 saturated heterocycles. The molecule has 0 spiro atoms. The normalized spacial score (nSPS) is 30.3. The maximum atomic E-state index is 12.8. The largest absolute Gasteiger partial charge is 0.354 e. The lowest BCUT2D eigenvalue weighted by molar-refractivity contribution is -0.337. The van der Waals surface area contributed by atoms with E-state index in [1.807, 2.05) is 30.3 Å². The molecule has 1 amide bonds. The van der Waals surface area contributed by atoms with Crippen LogP contribution >= 0.6 is 0 Å². The van der Waals surface area contributed by atoms with Gasteiger partial charge in [0.2, 0.25) is 0 Å². The van der Waals surface area contributed by atoms with E-state index in [0.717, 1.165) is 11.8 Å². The zero-order valence-corrected chi connectivity index (χ0v) is 18.4. The standard InChI is InChI=1S/C22H25NO8S/c1-27-22-17(23-20(24)14-9-5-3-6-10-14)19(31-32(2,25)26)18-16(29-22)13-28-21(30-18)15-11-7-4-8-12-15/h3-12,16-19,21-22H,13H2,1-2H3,(H,23,24)/t16-,17+,18-,19-,21?,22+/m1/s1. The highest BCUT2D eigenvalue weighted by Crippen LogP contribution is 2.36. The third-order valence-corrected chi connectivity index (χ3v) is 5.83. The summed E-state index contributed by atoms with van der Waals surface area (Å²) in [6.45, 7) is 0.132. The summed E-state index contributed by atoms with van der Waals surface area (Å²) < 4.78 is 52.9. The van der Waals surface area contributed by atoms with Crippen molar-refractivity contribution in [3.8, 4) is 0 Å². The second-order valence-electron chi connectivity index (χ2n) is 7.59. The summed E-state index contributed by atoms with van der Waals surface area (Å²) in [4.78, 5) is 12.8. The van der Waals surface area contributed by atoms with E-state index in [9.17, 15) is 13.2 Å². The number of carbonyl (C=O) groups excluding carboxylic acids is 1. The number of nitrogens with one attached hydrogen (secondary N) is 1. The number of benzene rings is 2. The highest BCUT2D eigenvalue weighted by molar-refractivity contribution is 7.86. The highest BCUT2D eigenvalue weighted by Gasteiger charge is 2.52. The molecule has 2 fully saturated rings. The average molecular weight is 464 g/mol. The molecular formula is C22H25NO8S. The number of carbonyl (C=O) groups is 1. The van der Waals surface area contributed by atoms with Gasteiger partial charge in [-0.3, -0.25) is 8.98 Å². The molecule has 0 aromatic heterocycles. The summed E-state index contributed by atoms with van der Waals surface area (Å²) in [5.41, 5.74) is 1.17. The molecule has 2 aliphatic heterocycles. The maximum Gasteiger partial charge on any atom is 0.264 e. The first-order chi connectivity index (χ1) is 15.4. The van der Waals surface area contributed by atoms with Crippen LogP contribution in [0.1, 0.15) is 22.2 Å². The lowest BCUT2D eigenvalue weighted by Crippen LogP contribution is -2.67. The molecule has 0 saturated carbocycles. The molecule has 2 aromatic carbocycles. The Hall–Kier alpha value is -2.34. The van der Waals surface area contributed by atoms with Crippen LogP contribution in [0.25, 0.3) is 0 Å². The number of methoxy groups -OCH3 is 1. The lowest BCUT2D eigenvalue weighted by Gasteiger charge is -2.48. The predicted octanol–water partition coefficient (Wildman–Crippen LogP) is 1.62. The summed E-state index contributed by atoms with van der Waals surface area (Å²) >= 11 is 0. The Labute approximate surface area is 186 Å².